The summed E-state index contributed by atoms with van der Waals surface area (Å²) in [6, 6.07) is 0.403. The molecule has 2 rings (SSSR count). The van der Waals surface area contributed by atoms with Gasteiger partial charge in [0.1, 0.15) is 5.54 Å². The van der Waals surface area contributed by atoms with E-state index in [2.05, 4.69) is 10.2 Å². The van der Waals surface area contributed by atoms with E-state index in [1.165, 1.54) is 6.42 Å². The fourth-order valence-electron chi connectivity index (χ4n) is 3.89. The van der Waals surface area contributed by atoms with Crippen LogP contribution in [-0.2, 0) is 9.53 Å². The highest BCUT2D eigenvalue weighted by atomic mass is 16.5. The molecule has 2 N–H and O–H groups in total. The average Bonchev–Trinajstić information content (AvgIpc) is 2.88. The van der Waals surface area contributed by atoms with Crippen LogP contribution in [0, 0.1) is 5.92 Å². The van der Waals surface area contributed by atoms with Crippen molar-refractivity contribution in [3.05, 3.63) is 0 Å². The third kappa shape index (κ3) is 3.32. The van der Waals surface area contributed by atoms with Gasteiger partial charge in [-0.2, -0.15) is 0 Å². The molecule has 20 heavy (non-hydrogen) atoms. The summed E-state index contributed by atoms with van der Waals surface area (Å²) < 4.78 is 5.25. The third-order valence-corrected chi connectivity index (χ3v) is 4.89. The molecular formula is C15H28N2O3. The Morgan fingerprint density at radius 3 is 2.95 bits per heavy atom. The molecule has 0 aromatic rings. The topological polar surface area (TPSA) is 61.8 Å². The van der Waals surface area contributed by atoms with Crippen molar-refractivity contribution in [3.8, 4) is 0 Å². The number of rotatable bonds is 6. The molecule has 1 saturated heterocycles. The van der Waals surface area contributed by atoms with Gasteiger partial charge in [0.25, 0.3) is 0 Å². The van der Waals surface area contributed by atoms with E-state index in [4.69, 9.17) is 4.74 Å². The zero-order valence-corrected chi connectivity index (χ0v) is 12.7. The number of hydrogen-bond acceptors (Lipinski definition) is 4. The minimum absolute atomic E-state index is 0.403. The SMILES string of the molecule is CCNC1(C(=O)O)CCCC(N2CCC(COC)C2)C1. The van der Waals surface area contributed by atoms with Crippen LogP contribution in [0.15, 0.2) is 0 Å². The molecule has 0 bridgehead atoms. The number of likely N-dealkylation sites (tertiary alicyclic amines) is 1. The maximum absolute atomic E-state index is 11.7. The number of methoxy groups -OCH3 is 1. The molecule has 0 aromatic heterocycles. The summed E-state index contributed by atoms with van der Waals surface area (Å²) in [6.07, 6.45) is 4.78. The van der Waals surface area contributed by atoms with Crippen molar-refractivity contribution < 1.29 is 14.6 Å². The Balaban J connectivity index is 1.98. The van der Waals surface area contributed by atoms with E-state index >= 15 is 0 Å². The van der Waals surface area contributed by atoms with Gasteiger partial charge in [0.15, 0.2) is 0 Å². The number of aliphatic carboxylic acids is 1. The fourth-order valence-corrected chi connectivity index (χ4v) is 3.89. The van der Waals surface area contributed by atoms with Crippen molar-refractivity contribution in [2.75, 3.05) is 33.4 Å². The molecule has 5 heteroatoms. The van der Waals surface area contributed by atoms with Gasteiger partial charge in [0.05, 0.1) is 6.61 Å². The molecule has 116 valence electrons. The Hall–Kier alpha value is -0.650. The highest BCUT2D eigenvalue weighted by Crippen LogP contribution is 2.34. The Kier molecular flexibility index (Phi) is 5.41. The number of ether oxygens (including phenoxy) is 1. The molecule has 3 atom stereocenters. The van der Waals surface area contributed by atoms with Crippen LogP contribution in [0.3, 0.4) is 0 Å². The van der Waals surface area contributed by atoms with Crippen molar-refractivity contribution in [1.29, 1.82) is 0 Å². The van der Waals surface area contributed by atoms with Crippen LogP contribution in [0.2, 0.25) is 0 Å². The first-order chi connectivity index (χ1) is 9.61. The maximum atomic E-state index is 11.7. The normalized spacial score (nSPS) is 35.3. The van der Waals surface area contributed by atoms with Gasteiger partial charge in [-0.1, -0.05) is 6.92 Å². The number of carbonyl (C=O) groups is 1. The molecule has 2 aliphatic rings. The summed E-state index contributed by atoms with van der Waals surface area (Å²) in [5.41, 5.74) is -0.711. The van der Waals surface area contributed by atoms with Gasteiger partial charge in [-0.25, -0.2) is 0 Å². The largest absolute Gasteiger partial charge is 0.480 e. The second-order valence-electron chi connectivity index (χ2n) is 6.27. The number of carboxylic acids is 1. The smallest absolute Gasteiger partial charge is 0.323 e. The van der Waals surface area contributed by atoms with Gasteiger partial charge in [0, 0.05) is 19.7 Å². The Bertz CT molecular complexity index is 333. The van der Waals surface area contributed by atoms with Crippen molar-refractivity contribution in [3.63, 3.8) is 0 Å². The molecule has 2 fully saturated rings. The molecule has 3 unspecified atom stereocenters. The number of carboxylic acid groups (broad SMARTS) is 1. The number of nitrogens with one attached hydrogen (secondary N) is 1. The fraction of sp³-hybridized carbons (Fsp3) is 0.933. The summed E-state index contributed by atoms with van der Waals surface area (Å²) in [5.74, 6) is -0.0722. The van der Waals surface area contributed by atoms with E-state index < -0.39 is 11.5 Å². The maximum Gasteiger partial charge on any atom is 0.323 e. The van der Waals surface area contributed by atoms with Gasteiger partial charge in [-0.05, 0) is 51.1 Å². The molecule has 1 saturated carbocycles. The van der Waals surface area contributed by atoms with E-state index in [1.54, 1.807) is 7.11 Å². The van der Waals surface area contributed by atoms with Crippen LogP contribution in [0.5, 0.6) is 0 Å². The molecular weight excluding hydrogens is 256 g/mol. The van der Waals surface area contributed by atoms with E-state index in [9.17, 15) is 9.90 Å². The monoisotopic (exact) mass is 284 g/mol. The molecule has 1 aliphatic carbocycles. The first-order valence-corrected chi connectivity index (χ1v) is 7.82. The highest BCUT2D eigenvalue weighted by Gasteiger charge is 2.44. The van der Waals surface area contributed by atoms with Crippen LogP contribution >= 0.6 is 0 Å². The quantitative estimate of drug-likeness (QED) is 0.770. The van der Waals surface area contributed by atoms with Crippen molar-refractivity contribution in [2.45, 2.75) is 50.6 Å². The summed E-state index contributed by atoms with van der Waals surface area (Å²) >= 11 is 0. The number of likely N-dealkylation sites (N-methyl/N-ethyl adjacent to an activating group) is 1. The zero-order chi connectivity index (χ0) is 14.6. The lowest BCUT2D eigenvalue weighted by Gasteiger charge is -2.41. The van der Waals surface area contributed by atoms with Crippen LogP contribution in [0.25, 0.3) is 0 Å². The van der Waals surface area contributed by atoms with Crippen molar-refractivity contribution in [2.24, 2.45) is 5.92 Å². The highest BCUT2D eigenvalue weighted by molar-refractivity contribution is 5.79. The number of nitrogens with zero attached hydrogens (tertiary/aromatic N) is 1. The van der Waals surface area contributed by atoms with Gasteiger partial charge in [-0.3, -0.25) is 9.69 Å². The molecule has 0 spiro atoms. The molecule has 0 radical (unpaired) electrons. The predicted molar refractivity (Wildman–Crippen MR) is 77.9 cm³/mol. The summed E-state index contributed by atoms with van der Waals surface area (Å²) in [4.78, 5) is 14.2. The minimum atomic E-state index is -0.711. The molecule has 0 aromatic carbocycles. The molecule has 5 nitrogen and oxygen atoms in total. The first-order valence-electron chi connectivity index (χ1n) is 7.82. The van der Waals surface area contributed by atoms with Gasteiger partial charge >= 0.3 is 5.97 Å². The summed E-state index contributed by atoms with van der Waals surface area (Å²) in [6.45, 7) is 5.66. The van der Waals surface area contributed by atoms with Gasteiger partial charge < -0.3 is 15.2 Å². The summed E-state index contributed by atoms with van der Waals surface area (Å²) in [5, 5.41) is 12.9. The average molecular weight is 284 g/mol. The second-order valence-corrected chi connectivity index (χ2v) is 6.27. The standard InChI is InChI=1S/C15H28N2O3/c1-3-16-15(14(18)19)7-4-5-13(9-15)17-8-6-12(10-17)11-20-2/h12-13,16H,3-11H2,1-2H3,(H,18,19). The van der Waals surface area contributed by atoms with Crippen LogP contribution < -0.4 is 5.32 Å². The Morgan fingerprint density at radius 2 is 2.30 bits per heavy atom. The van der Waals surface area contributed by atoms with Crippen molar-refractivity contribution in [1.82, 2.24) is 10.2 Å². The zero-order valence-electron chi connectivity index (χ0n) is 12.7. The molecule has 1 heterocycles. The lowest BCUT2D eigenvalue weighted by molar-refractivity contribution is -0.147. The minimum Gasteiger partial charge on any atom is -0.480 e. The number of hydrogen-bond donors (Lipinski definition) is 2. The van der Waals surface area contributed by atoms with Crippen LogP contribution in [0.4, 0.5) is 0 Å². The van der Waals surface area contributed by atoms with E-state index in [0.29, 0.717) is 18.5 Å². The van der Waals surface area contributed by atoms with E-state index in [1.807, 2.05) is 6.92 Å². The van der Waals surface area contributed by atoms with Gasteiger partial charge in [0.2, 0.25) is 0 Å². The summed E-state index contributed by atoms with van der Waals surface area (Å²) in [7, 11) is 1.75. The third-order valence-electron chi connectivity index (χ3n) is 4.89. The lowest BCUT2D eigenvalue weighted by Crippen LogP contribution is -2.58. The predicted octanol–water partition coefficient (Wildman–Crippen LogP) is 1.33. The first kappa shape index (κ1) is 15.7. The molecule has 1 aliphatic heterocycles. The Labute approximate surface area is 121 Å². The lowest BCUT2D eigenvalue weighted by atomic mass is 9.78. The van der Waals surface area contributed by atoms with E-state index in [0.717, 1.165) is 45.4 Å². The van der Waals surface area contributed by atoms with Gasteiger partial charge in [-0.15, -0.1) is 0 Å². The molecule has 0 amide bonds. The Morgan fingerprint density at radius 1 is 1.50 bits per heavy atom. The van der Waals surface area contributed by atoms with E-state index in [-0.39, 0.29) is 0 Å². The van der Waals surface area contributed by atoms with Crippen molar-refractivity contribution >= 4 is 5.97 Å². The van der Waals surface area contributed by atoms with Crippen LogP contribution in [-0.4, -0.2) is 60.9 Å². The second kappa shape index (κ2) is 6.87. The van der Waals surface area contributed by atoms with Crippen LogP contribution in [0.1, 0.15) is 39.0 Å².